The largest absolute Gasteiger partial charge is 0.408 e. The highest BCUT2D eigenvalue weighted by Gasteiger charge is 2.43. The van der Waals surface area contributed by atoms with Crippen LogP contribution in [0.5, 0.6) is 0 Å². The van der Waals surface area contributed by atoms with E-state index in [9.17, 15) is 18.0 Å². The van der Waals surface area contributed by atoms with E-state index < -0.39 is 24.0 Å². The lowest BCUT2D eigenvalue weighted by atomic mass is 9.98. The van der Waals surface area contributed by atoms with Gasteiger partial charge in [0.25, 0.3) is 0 Å². The van der Waals surface area contributed by atoms with Gasteiger partial charge in [-0.15, -0.1) is 10.2 Å². The monoisotopic (exact) mass is 306 g/mol. The molecule has 2 atom stereocenters. The summed E-state index contributed by atoms with van der Waals surface area (Å²) in [6.07, 6.45) is -2.90. The number of hydrogen-bond acceptors (Lipinski definition) is 3. The second-order valence-electron chi connectivity index (χ2n) is 5.40. The zero-order chi connectivity index (χ0) is 16.2. The number of amides is 1. The van der Waals surface area contributed by atoms with Crippen LogP contribution in [-0.2, 0) is 11.2 Å². The third-order valence-electron chi connectivity index (χ3n) is 3.40. The van der Waals surface area contributed by atoms with Crippen molar-refractivity contribution in [2.75, 3.05) is 0 Å². The maximum absolute atomic E-state index is 13.0. The number of carbonyl (C=O) groups is 1. The molecule has 1 heterocycles. The lowest BCUT2D eigenvalue weighted by Gasteiger charge is -2.26. The predicted octanol–water partition coefficient (Wildman–Crippen LogP) is 2.49. The molecule has 0 spiro atoms. The summed E-state index contributed by atoms with van der Waals surface area (Å²) in [6.45, 7) is 6.88. The number of nitrogens with one attached hydrogen (secondary N) is 1. The van der Waals surface area contributed by atoms with Crippen molar-refractivity contribution in [3.8, 4) is 0 Å². The van der Waals surface area contributed by atoms with E-state index in [-0.39, 0.29) is 12.5 Å². The molecule has 0 saturated heterocycles. The second kappa shape index (κ2) is 6.91. The van der Waals surface area contributed by atoms with Gasteiger partial charge < -0.3 is 9.88 Å². The number of halogens is 3. The molecule has 8 heteroatoms. The molecule has 1 aromatic heterocycles. The minimum absolute atomic E-state index is 0.0378. The van der Waals surface area contributed by atoms with Crippen LogP contribution in [0.25, 0.3) is 0 Å². The van der Waals surface area contributed by atoms with Crippen molar-refractivity contribution in [2.24, 2.45) is 5.92 Å². The first-order chi connectivity index (χ1) is 9.66. The third kappa shape index (κ3) is 4.71. The van der Waals surface area contributed by atoms with Gasteiger partial charge in [-0.25, -0.2) is 0 Å². The molecule has 0 fully saturated rings. The van der Waals surface area contributed by atoms with Crippen molar-refractivity contribution in [2.45, 2.75) is 58.8 Å². The zero-order valence-electron chi connectivity index (χ0n) is 12.6. The Balaban J connectivity index is 2.77. The molecule has 1 rings (SSSR count). The van der Waals surface area contributed by atoms with Gasteiger partial charge in [-0.2, -0.15) is 13.2 Å². The highest BCUT2D eigenvalue weighted by molar-refractivity contribution is 5.78. The highest BCUT2D eigenvalue weighted by atomic mass is 19.4. The molecular formula is C13H21F3N4O. The van der Waals surface area contributed by atoms with Crippen LogP contribution in [0.15, 0.2) is 6.33 Å². The predicted molar refractivity (Wildman–Crippen MR) is 71.6 cm³/mol. The fraction of sp³-hybridized carbons (Fsp3) is 0.769. The molecule has 21 heavy (non-hydrogen) atoms. The van der Waals surface area contributed by atoms with Crippen LogP contribution in [0, 0.1) is 5.92 Å². The number of nitrogens with zero attached hydrogens (tertiary/aromatic N) is 3. The third-order valence-corrected chi connectivity index (χ3v) is 3.40. The minimum atomic E-state index is -4.46. The summed E-state index contributed by atoms with van der Waals surface area (Å²) >= 11 is 0. The fourth-order valence-corrected chi connectivity index (χ4v) is 1.97. The molecule has 0 bridgehead atoms. The number of alkyl halides is 3. The Kier molecular flexibility index (Phi) is 5.74. The van der Waals surface area contributed by atoms with Gasteiger partial charge in [-0.1, -0.05) is 20.3 Å². The summed E-state index contributed by atoms with van der Waals surface area (Å²) in [4.78, 5) is 11.9. The number of aromatic nitrogens is 3. The smallest absolute Gasteiger partial charge is 0.344 e. The summed E-state index contributed by atoms with van der Waals surface area (Å²) in [5.41, 5.74) is 0. The van der Waals surface area contributed by atoms with Crippen molar-refractivity contribution in [3.05, 3.63) is 12.2 Å². The first-order valence-electron chi connectivity index (χ1n) is 6.91. The molecule has 0 aliphatic heterocycles. The van der Waals surface area contributed by atoms with E-state index in [2.05, 4.69) is 15.5 Å². The van der Waals surface area contributed by atoms with Gasteiger partial charge in [0, 0.05) is 6.04 Å². The molecule has 5 nitrogen and oxygen atoms in total. The molecule has 0 aliphatic rings. The first kappa shape index (κ1) is 17.5. The lowest BCUT2D eigenvalue weighted by molar-refractivity contribution is -0.171. The topological polar surface area (TPSA) is 59.8 Å². The highest BCUT2D eigenvalue weighted by Crippen LogP contribution is 2.27. The summed E-state index contributed by atoms with van der Waals surface area (Å²) in [7, 11) is 0. The van der Waals surface area contributed by atoms with E-state index in [4.69, 9.17) is 0 Å². The van der Waals surface area contributed by atoms with Crippen LogP contribution in [0.4, 0.5) is 13.2 Å². The lowest BCUT2D eigenvalue weighted by Crippen LogP contribution is -2.49. The van der Waals surface area contributed by atoms with Gasteiger partial charge in [0.1, 0.15) is 18.2 Å². The second-order valence-corrected chi connectivity index (χ2v) is 5.40. The van der Waals surface area contributed by atoms with E-state index in [1.165, 1.54) is 13.3 Å². The van der Waals surface area contributed by atoms with Gasteiger partial charge in [0.2, 0.25) is 5.91 Å². The van der Waals surface area contributed by atoms with E-state index in [0.717, 1.165) is 0 Å². The average molecular weight is 306 g/mol. The quantitative estimate of drug-likeness (QED) is 0.878. The summed E-state index contributed by atoms with van der Waals surface area (Å²) in [5.74, 6) is -1.03. The maximum Gasteiger partial charge on any atom is 0.408 e. The normalized spacial score (nSPS) is 15.0. The van der Waals surface area contributed by atoms with E-state index in [1.807, 2.05) is 13.8 Å². The Morgan fingerprint density at radius 1 is 1.38 bits per heavy atom. The average Bonchev–Trinajstić information content (AvgIpc) is 2.81. The molecule has 0 radical (unpaired) electrons. The van der Waals surface area contributed by atoms with Gasteiger partial charge in [-0.05, 0) is 19.8 Å². The number of hydrogen-bond donors (Lipinski definition) is 1. The molecular weight excluding hydrogens is 285 g/mol. The minimum Gasteiger partial charge on any atom is -0.344 e. The molecule has 0 saturated carbocycles. The molecule has 0 aliphatic carbocycles. The molecule has 1 N–H and O–H groups in total. The summed E-state index contributed by atoms with van der Waals surface area (Å²) in [5, 5.41) is 9.54. The van der Waals surface area contributed by atoms with Gasteiger partial charge >= 0.3 is 6.18 Å². The summed E-state index contributed by atoms with van der Waals surface area (Å²) in [6, 6.07) is -1.80. The number of carbonyl (C=O) groups excluding carboxylic acids is 1. The van der Waals surface area contributed by atoms with E-state index in [1.54, 1.807) is 11.5 Å². The standard InChI is InChI=1S/C13H21F3N4O/c1-5-9(4)12(13(14,15)16)18-11(21)6-10-19-17-7-20(10)8(2)3/h7-9,12H,5-6H2,1-4H3,(H,18,21). The van der Waals surface area contributed by atoms with Crippen molar-refractivity contribution in [1.82, 2.24) is 20.1 Å². The summed E-state index contributed by atoms with van der Waals surface area (Å²) < 4.78 is 40.5. The van der Waals surface area contributed by atoms with Crippen molar-refractivity contribution in [1.29, 1.82) is 0 Å². The van der Waals surface area contributed by atoms with Crippen LogP contribution < -0.4 is 5.32 Å². The molecule has 1 amide bonds. The molecule has 120 valence electrons. The Hall–Kier alpha value is -1.60. The van der Waals surface area contributed by atoms with E-state index in [0.29, 0.717) is 12.2 Å². The maximum atomic E-state index is 13.0. The van der Waals surface area contributed by atoms with Crippen LogP contribution in [-0.4, -0.2) is 32.9 Å². The molecule has 0 aromatic carbocycles. The van der Waals surface area contributed by atoms with Gasteiger partial charge in [0.15, 0.2) is 0 Å². The van der Waals surface area contributed by atoms with Gasteiger partial charge in [-0.3, -0.25) is 4.79 Å². The van der Waals surface area contributed by atoms with Crippen molar-refractivity contribution < 1.29 is 18.0 Å². The molecule has 2 unspecified atom stereocenters. The molecule has 1 aromatic rings. The SMILES string of the molecule is CCC(C)C(NC(=O)Cc1nncn1C(C)C)C(F)(F)F. The van der Waals surface area contributed by atoms with Crippen LogP contribution in [0.3, 0.4) is 0 Å². The van der Waals surface area contributed by atoms with Gasteiger partial charge in [0.05, 0.1) is 6.42 Å². The Morgan fingerprint density at radius 2 is 2.00 bits per heavy atom. The zero-order valence-corrected chi connectivity index (χ0v) is 12.6. The van der Waals surface area contributed by atoms with Crippen molar-refractivity contribution >= 4 is 5.91 Å². The Morgan fingerprint density at radius 3 is 2.48 bits per heavy atom. The Bertz CT molecular complexity index is 470. The fourth-order valence-electron chi connectivity index (χ4n) is 1.97. The first-order valence-corrected chi connectivity index (χ1v) is 6.91. The van der Waals surface area contributed by atoms with E-state index >= 15 is 0 Å². The van der Waals surface area contributed by atoms with Crippen LogP contribution in [0.2, 0.25) is 0 Å². The van der Waals surface area contributed by atoms with Crippen LogP contribution >= 0.6 is 0 Å². The van der Waals surface area contributed by atoms with Crippen LogP contribution in [0.1, 0.15) is 46.0 Å². The van der Waals surface area contributed by atoms with Crippen molar-refractivity contribution in [3.63, 3.8) is 0 Å². The Labute approximate surface area is 121 Å². The number of rotatable bonds is 6.